The normalized spacial score (nSPS) is 21.1. The maximum atomic E-state index is 11.6. The summed E-state index contributed by atoms with van der Waals surface area (Å²) in [5.74, 6) is -0.242. The molecule has 92 valence electrons. The summed E-state index contributed by atoms with van der Waals surface area (Å²) in [5.41, 5.74) is -0.563. The van der Waals surface area contributed by atoms with Gasteiger partial charge in [-0.1, -0.05) is 0 Å². The van der Waals surface area contributed by atoms with Crippen LogP contribution in [0.2, 0.25) is 0 Å². The first kappa shape index (κ1) is 12.8. The fourth-order valence-electron chi connectivity index (χ4n) is 1.42. The van der Waals surface area contributed by atoms with E-state index in [-0.39, 0.29) is 5.91 Å². The maximum Gasteiger partial charge on any atom is 0.408 e. The Morgan fingerprint density at radius 3 is 2.56 bits per heavy atom. The molecule has 1 atom stereocenters. The second-order valence-corrected chi connectivity index (χ2v) is 4.61. The highest BCUT2D eigenvalue weighted by Gasteiger charge is 2.34. The van der Waals surface area contributed by atoms with Crippen molar-refractivity contribution in [2.24, 2.45) is 0 Å². The van der Waals surface area contributed by atoms with Crippen LogP contribution in [0.5, 0.6) is 0 Å². The largest absolute Gasteiger partial charge is 0.444 e. The smallest absolute Gasteiger partial charge is 0.408 e. The molecule has 0 aromatic carbocycles. The zero-order valence-corrected chi connectivity index (χ0v) is 10.1. The van der Waals surface area contributed by atoms with Gasteiger partial charge in [-0.25, -0.2) is 9.86 Å². The van der Waals surface area contributed by atoms with Gasteiger partial charge in [0, 0.05) is 0 Å². The number of rotatable bonds is 2. The average molecular weight is 230 g/mol. The molecule has 0 aromatic rings. The number of hydroxylamine groups is 2. The van der Waals surface area contributed by atoms with Gasteiger partial charge in [0.2, 0.25) is 0 Å². The number of amides is 2. The van der Waals surface area contributed by atoms with E-state index in [9.17, 15) is 9.59 Å². The number of hydrogen-bond acceptors (Lipinski definition) is 4. The second kappa shape index (κ2) is 4.69. The van der Waals surface area contributed by atoms with Crippen molar-refractivity contribution in [3.05, 3.63) is 0 Å². The molecule has 1 unspecified atom stereocenters. The third-order valence-corrected chi connectivity index (χ3v) is 2.08. The average Bonchev–Trinajstić information content (AvgIpc) is 2.44. The van der Waals surface area contributed by atoms with Gasteiger partial charge < -0.3 is 10.1 Å². The van der Waals surface area contributed by atoms with Gasteiger partial charge >= 0.3 is 6.09 Å². The standard InChI is InChI=1S/C10H18N2O4/c1-10(2,3)16-9(14)11-7-5-6-12(15-4)8(7)13/h7H,5-6H2,1-4H3,(H,11,14). The predicted molar refractivity (Wildman–Crippen MR) is 56.5 cm³/mol. The van der Waals surface area contributed by atoms with E-state index in [4.69, 9.17) is 9.57 Å². The number of nitrogens with zero attached hydrogens (tertiary/aromatic N) is 1. The molecule has 0 bridgehead atoms. The molecule has 1 rings (SSSR count). The Morgan fingerprint density at radius 2 is 2.12 bits per heavy atom. The van der Waals surface area contributed by atoms with Gasteiger partial charge in [0.15, 0.2) is 0 Å². The molecule has 0 saturated carbocycles. The van der Waals surface area contributed by atoms with Crippen LogP contribution in [0.15, 0.2) is 0 Å². The first-order valence-corrected chi connectivity index (χ1v) is 5.18. The predicted octanol–water partition coefficient (Wildman–Crippen LogP) is 0.673. The topological polar surface area (TPSA) is 67.9 Å². The highest BCUT2D eigenvalue weighted by atomic mass is 16.7. The van der Waals surface area contributed by atoms with E-state index in [0.717, 1.165) is 0 Å². The first-order chi connectivity index (χ1) is 7.33. The molecule has 0 radical (unpaired) electrons. The van der Waals surface area contributed by atoms with Crippen molar-refractivity contribution < 1.29 is 19.2 Å². The summed E-state index contributed by atoms with van der Waals surface area (Å²) >= 11 is 0. The zero-order valence-electron chi connectivity index (χ0n) is 10.1. The lowest BCUT2D eigenvalue weighted by atomic mass is 10.2. The molecular weight excluding hydrogens is 212 g/mol. The quantitative estimate of drug-likeness (QED) is 0.757. The fraction of sp³-hybridized carbons (Fsp3) is 0.800. The molecule has 2 amide bonds. The van der Waals surface area contributed by atoms with E-state index in [1.807, 2.05) is 0 Å². The van der Waals surface area contributed by atoms with Crippen LogP contribution in [-0.4, -0.2) is 42.4 Å². The number of ether oxygens (including phenoxy) is 1. The van der Waals surface area contributed by atoms with Crippen molar-refractivity contribution in [1.82, 2.24) is 10.4 Å². The van der Waals surface area contributed by atoms with Crippen molar-refractivity contribution in [3.8, 4) is 0 Å². The fourth-order valence-corrected chi connectivity index (χ4v) is 1.42. The number of hydrogen-bond donors (Lipinski definition) is 1. The molecule has 1 heterocycles. The SMILES string of the molecule is CON1CCC(NC(=O)OC(C)(C)C)C1=O. The Labute approximate surface area is 94.8 Å². The Bertz CT molecular complexity index is 285. The minimum absolute atomic E-state index is 0.242. The highest BCUT2D eigenvalue weighted by Crippen LogP contribution is 2.12. The highest BCUT2D eigenvalue weighted by molar-refractivity contribution is 5.86. The van der Waals surface area contributed by atoms with Gasteiger partial charge in [0.1, 0.15) is 11.6 Å². The molecule has 1 N–H and O–H groups in total. The van der Waals surface area contributed by atoms with Gasteiger partial charge in [-0.05, 0) is 27.2 Å². The molecule has 0 aliphatic carbocycles. The van der Waals surface area contributed by atoms with Crippen molar-refractivity contribution in [2.45, 2.75) is 38.8 Å². The maximum absolute atomic E-state index is 11.6. The Balaban J connectivity index is 2.44. The lowest BCUT2D eigenvalue weighted by Crippen LogP contribution is -2.43. The monoisotopic (exact) mass is 230 g/mol. The Morgan fingerprint density at radius 1 is 1.50 bits per heavy atom. The first-order valence-electron chi connectivity index (χ1n) is 5.18. The van der Waals surface area contributed by atoms with E-state index in [1.54, 1.807) is 20.8 Å². The minimum atomic E-state index is -0.580. The molecule has 6 nitrogen and oxygen atoms in total. The molecule has 0 aromatic heterocycles. The van der Waals surface area contributed by atoms with Crippen LogP contribution in [0.1, 0.15) is 27.2 Å². The molecule has 1 aliphatic heterocycles. The van der Waals surface area contributed by atoms with E-state index in [2.05, 4.69) is 5.32 Å². The number of nitrogens with one attached hydrogen (secondary N) is 1. The number of alkyl carbamates (subject to hydrolysis) is 1. The zero-order chi connectivity index (χ0) is 12.3. The third-order valence-electron chi connectivity index (χ3n) is 2.08. The van der Waals surface area contributed by atoms with Crippen LogP contribution >= 0.6 is 0 Å². The van der Waals surface area contributed by atoms with Crippen LogP contribution in [0, 0.1) is 0 Å². The van der Waals surface area contributed by atoms with E-state index < -0.39 is 17.7 Å². The number of carbonyl (C=O) groups is 2. The third kappa shape index (κ3) is 3.37. The van der Waals surface area contributed by atoms with Crippen LogP contribution in [0.4, 0.5) is 4.79 Å². The summed E-state index contributed by atoms with van der Waals surface area (Å²) < 4.78 is 5.06. The summed E-state index contributed by atoms with van der Waals surface area (Å²) in [4.78, 5) is 27.8. The molecular formula is C10H18N2O4. The van der Waals surface area contributed by atoms with E-state index in [1.165, 1.54) is 12.2 Å². The van der Waals surface area contributed by atoms with Crippen molar-refractivity contribution >= 4 is 12.0 Å². The molecule has 16 heavy (non-hydrogen) atoms. The summed E-state index contributed by atoms with van der Waals surface area (Å²) in [6, 6.07) is -0.546. The second-order valence-electron chi connectivity index (χ2n) is 4.61. The summed E-state index contributed by atoms with van der Waals surface area (Å²) in [7, 11) is 1.42. The summed E-state index contributed by atoms with van der Waals surface area (Å²) in [6.45, 7) is 5.79. The van der Waals surface area contributed by atoms with Gasteiger partial charge in [0.25, 0.3) is 5.91 Å². The summed E-state index contributed by atoms with van der Waals surface area (Å²) in [5, 5.41) is 3.74. The minimum Gasteiger partial charge on any atom is -0.444 e. The lowest BCUT2D eigenvalue weighted by Gasteiger charge is -2.21. The van der Waals surface area contributed by atoms with Crippen molar-refractivity contribution in [1.29, 1.82) is 0 Å². The summed E-state index contributed by atoms with van der Waals surface area (Å²) in [6.07, 6.45) is -0.0462. The van der Waals surface area contributed by atoms with Crippen molar-refractivity contribution in [2.75, 3.05) is 13.7 Å². The molecule has 0 spiro atoms. The van der Waals surface area contributed by atoms with Crippen LogP contribution in [-0.2, 0) is 14.4 Å². The molecule has 1 saturated heterocycles. The Hall–Kier alpha value is -1.30. The molecule has 6 heteroatoms. The van der Waals surface area contributed by atoms with Gasteiger partial charge in [-0.3, -0.25) is 9.63 Å². The van der Waals surface area contributed by atoms with Gasteiger partial charge in [-0.2, -0.15) is 0 Å². The lowest BCUT2D eigenvalue weighted by molar-refractivity contribution is -0.168. The molecule has 1 fully saturated rings. The van der Waals surface area contributed by atoms with Gasteiger partial charge in [0.05, 0.1) is 13.7 Å². The van der Waals surface area contributed by atoms with Crippen LogP contribution < -0.4 is 5.32 Å². The van der Waals surface area contributed by atoms with Crippen molar-refractivity contribution in [3.63, 3.8) is 0 Å². The van der Waals surface area contributed by atoms with E-state index in [0.29, 0.717) is 13.0 Å². The van der Waals surface area contributed by atoms with Crippen LogP contribution in [0.3, 0.4) is 0 Å². The van der Waals surface area contributed by atoms with E-state index >= 15 is 0 Å². The number of carbonyl (C=O) groups excluding carboxylic acids is 2. The van der Waals surface area contributed by atoms with Crippen LogP contribution in [0.25, 0.3) is 0 Å². The Kier molecular flexibility index (Phi) is 3.74. The molecule has 1 aliphatic rings. The van der Waals surface area contributed by atoms with Gasteiger partial charge in [-0.15, -0.1) is 0 Å².